The number of hydrogen-bond acceptors (Lipinski definition) is 5. The summed E-state index contributed by atoms with van der Waals surface area (Å²) in [6.07, 6.45) is 5.59. The van der Waals surface area contributed by atoms with Gasteiger partial charge in [0.2, 0.25) is 0 Å². The Morgan fingerprint density at radius 3 is 2.10 bits per heavy atom. The van der Waals surface area contributed by atoms with Crippen LogP contribution in [0.1, 0.15) is 43.7 Å². The quantitative estimate of drug-likeness (QED) is 0.379. The van der Waals surface area contributed by atoms with Crippen LogP contribution in [0.2, 0.25) is 0 Å². The van der Waals surface area contributed by atoms with Crippen molar-refractivity contribution in [3.05, 3.63) is 77.9 Å². The topological polar surface area (TPSA) is 83.9 Å². The van der Waals surface area contributed by atoms with Gasteiger partial charge in [0.05, 0.1) is 18.7 Å². The monoisotopic (exact) mass is 421 g/mol. The van der Waals surface area contributed by atoms with E-state index < -0.39 is 29.3 Å². The lowest BCUT2D eigenvalue weighted by molar-refractivity contribution is -0.154. The van der Waals surface area contributed by atoms with Crippen molar-refractivity contribution in [1.82, 2.24) is 0 Å². The SMILES string of the molecule is CCCCCC(C(=O)OC)C(O)(c1ccccc1)c1ccc(N2C(=O)C=CC2=O)cc1. The van der Waals surface area contributed by atoms with Crippen LogP contribution in [0.15, 0.2) is 66.7 Å². The molecule has 2 unspecified atom stereocenters. The number of hydrogen-bond donors (Lipinski definition) is 1. The standard InChI is InChI=1S/C25H27NO5/c1-3-4-6-11-21(24(29)31-2)25(30,18-9-7-5-8-10-18)19-12-14-20(15-13-19)26-22(27)16-17-23(26)28/h5,7-10,12-17,21,30H,3-4,6,11H2,1-2H3. The molecule has 2 amide bonds. The van der Waals surface area contributed by atoms with Crippen LogP contribution in [0.3, 0.4) is 0 Å². The van der Waals surface area contributed by atoms with E-state index in [9.17, 15) is 19.5 Å². The van der Waals surface area contributed by atoms with Gasteiger partial charge >= 0.3 is 5.97 Å². The van der Waals surface area contributed by atoms with Gasteiger partial charge in [-0.15, -0.1) is 0 Å². The number of ether oxygens (including phenoxy) is 1. The number of rotatable bonds is 9. The maximum absolute atomic E-state index is 12.8. The van der Waals surface area contributed by atoms with Gasteiger partial charge in [0.15, 0.2) is 0 Å². The molecule has 1 N–H and O–H groups in total. The maximum atomic E-state index is 12.8. The Kier molecular flexibility index (Phi) is 7.02. The first-order valence-corrected chi connectivity index (χ1v) is 10.5. The summed E-state index contributed by atoms with van der Waals surface area (Å²) in [4.78, 5) is 37.8. The molecule has 0 radical (unpaired) electrons. The summed E-state index contributed by atoms with van der Waals surface area (Å²) < 4.78 is 5.06. The predicted octanol–water partition coefficient (Wildman–Crippen LogP) is 3.72. The Morgan fingerprint density at radius 2 is 1.55 bits per heavy atom. The van der Waals surface area contributed by atoms with Crippen LogP contribution in [-0.2, 0) is 24.7 Å². The van der Waals surface area contributed by atoms with Crippen molar-refractivity contribution in [2.45, 2.75) is 38.2 Å². The molecule has 0 saturated carbocycles. The molecule has 3 rings (SSSR count). The molecule has 0 aliphatic carbocycles. The first-order valence-electron chi connectivity index (χ1n) is 10.5. The van der Waals surface area contributed by atoms with E-state index in [-0.39, 0.29) is 0 Å². The second-order valence-corrected chi connectivity index (χ2v) is 7.60. The Labute approximate surface area is 182 Å². The average molecular weight is 421 g/mol. The molecule has 1 heterocycles. The molecule has 1 aliphatic heterocycles. The van der Waals surface area contributed by atoms with Gasteiger partial charge in [-0.2, -0.15) is 0 Å². The van der Waals surface area contributed by atoms with Crippen LogP contribution < -0.4 is 4.90 Å². The van der Waals surface area contributed by atoms with Crippen LogP contribution in [0.4, 0.5) is 5.69 Å². The molecule has 0 saturated heterocycles. The number of aliphatic hydroxyl groups is 1. The number of methoxy groups -OCH3 is 1. The fraction of sp³-hybridized carbons (Fsp3) is 0.320. The second-order valence-electron chi connectivity index (χ2n) is 7.60. The fourth-order valence-electron chi connectivity index (χ4n) is 4.02. The van der Waals surface area contributed by atoms with Gasteiger partial charge in [-0.05, 0) is 29.7 Å². The van der Waals surface area contributed by atoms with Gasteiger partial charge < -0.3 is 9.84 Å². The zero-order valence-corrected chi connectivity index (χ0v) is 17.8. The molecule has 0 aromatic heterocycles. The van der Waals surface area contributed by atoms with Crippen molar-refractivity contribution in [1.29, 1.82) is 0 Å². The molecular weight excluding hydrogens is 394 g/mol. The highest BCUT2D eigenvalue weighted by Gasteiger charge is 2.45. The second kappa shape index (κ2) is 9.71. The first-order chi connectivity index (χ1) is 14.9. The van der Waals surface area contributed by atoms with E-state index in [1.165, 1.54) is 19.3 Å². The first kappa shape index (κ1) is 22.4. The van der Waals surface area contributed by atoms with Gasteiger partial charge in [-0.1, -0.05) is 68.7 Å². The van der Waals surface area contributed by atoms with E-state index in [2.05, 4.69) is 6.92 Å². The van der Waals surface area contributed by atoms with E-state index in [4.69, 9.17) is 4.74 Å². The van der Waals surface area contributed by atoms with E-state index in [0.29, 0.717) is 23.2 Å². The lowest BCUT2D eigenvalue weighted by Gasteiger charge is -2.36. The number of carbonyl (C=O) groups excluding carboxylic acids is 3. The summed E-state index contributed by atoms with van der Waals surface area (Å²) in [5, 5.41) is 12.0. The fourth-order valence-corrected chi connectivity index (χ4v) is 4.02. The Hall–Kier alpha value is -3.25. The number of unbranched alkanes of at least 4 members (excludes halogenated alkanes) is 2. The van der Waals surface area contributed by atoms with Gasteiger partial charge in [0, 0.05) is 12.2 Å². The van der Waals surface area contributed by atoms with Crippen molar-refractivity contribution in [2.24, 2.45) is 5.92 Å². The van der Waals surface area contributed by atoms with Crippen LogP contribution in [0, 0.1) is 5.92 Å². The molecule has 2 aromatic rings. The minimum absolute atomic E-state index is 0.403. The van der Waals surface area contributed by atoms with Crippen LogP contribution in [-0.4, -0.2) is 30.0 Å². The highest BCUT2D eigenvalue weighted by atomic mass is 16.5. The van der Waals surface area contributed by atoms with Crippen LogP contribution in [0.5, 0.6) is 0 Å². The molecule has 31 heavy (non-hydrogen) atoms. The largest absolute Gasteiger partial charge is 0.469 e. The smallest absolute Gasteiger partial charge is 0.312 e. The highest BCUT2D eigenvalue weighted by molar-refractivity contribution is 6.28. The maximum Gasteiger partial charge on any atom is 0.312 e. The summed E-state index contributed by atoms with van der Waals surface area (Å²) in [5.74, 6) is -2.12. The molecule has 1 aliphatic rings. The van der Waals surface area contributed by atoms with Crippen LogP contribution in [0.25, 0.3) is 0 Å². The highest BCUT2D eigenvalue weighted by Crippen LogP contribution is 2.41. The number of imide groups is 1. The zero-order chi connectivity index (χ0) is 22.4. The average Bonchev–Trinajstić information content (AvgIpc) is 3.14. The molecule has 0 spiro atoms. The van der Waals surface area contributed by atoms with Crippen molar-refractivity contribution in [3.8, 4) is 0 Å². The Morgan fingerprint density at radius 1 is 0.968 bits per heavy atom. The van der Waals surface area contributed by atoms with Crippen molar-refractivity contribution < 1.29 is 24.2 Å². The molecule has 0 bridgehead atoms. The number of nitrogens with zero attached hydrogens (tertiary/aromatic N) is 1. The third-order valence-electron chi connectivity index (χ3n) is 5.68. The summed E-state index contributed by atoms with van der Waals surface area (Å²) in [7, 11) is 1.32. The normalized spacial score (nSPS) is 16.3. The van der Waals surface area contributed by atoms with Gasteiger partial charge in [-0.25, -0.2) is 4.90 Å². The Bertz CT molecular complexity index is 949. The Balaban J connectivity index is 2.05. The van der Waals surface area contributed by atoms with Crippen LogP contribution >= 0.6 is 0 Å². The molecule has 162 valence electrons. The minimum Gasteiger partial charge on any atom is -0.469 e. The number of anilines is 1. The molecular formula is C25H27NO5. The van der Waals surface area contributed by atoms with Crippen molar-refractivity contribution >= 4 is 23.5 Å². The van der Waals surface area contributed by atoms with Gasteiger partial charge in [-0.3, -0.25) is 14.4 Å². The summed E-state index contributed by atoms with van der Waals surface area (Å²) in [6, 6.07) is 15.5. The molecule has 0 fully saturated rings. The summed E-state index contributed by atoms with van der Waals surface area (Å²) in [6.45, 7) is 2.07. The lowest BCUT2D eigenvalue weighted by atomic mass is 9.74. The number of amides is 2. The predicted molar refractivity (Wildman–Crippen MR) is 117 cm³/mol. The molecule has 6 nitrogen and oxygen atoms in total. The third kappa shape index (κ3) is 4.44. The van der Waals surface area contributed by atoms with E-state index in [1.807, 2.05) is 18.2 Å². The van der Waals surface area contributed by atoms with Gasteiger partial charge in [0.25, 0.3) is 11.8 Å². The summed E-state index contributed by atoms with van der Waals surface area (Å²) >= 11 is 0. The van der Waals surface area contributed by atoms with E-state index in [0.717, 1.165) is 24.2 Å². The van der Waals surface area contributed by atoms with E-state index >= 15 is 0 Å². The zero-order valence-electron chi connectivity index (χ0n) is 17.8. The minimum atomic E-state index is -1.63. The number of benzene rings is 2. The van der Waals surface area contributed by atoms with Crippen molar-refractivity contribution in [3.63, 3.8) is 0 Å². The van der Waals surface area contributed by atoms with Gasteiger partial charge in [0.1, 0.15) is 5.60 Å². The lowest BCUT2D eigenvalue weighted by Crippen LogP contribution is -2.41. The molecule has 2 atom stereocenters. The van der Waals surface area contributed by atoms with E-state index in [1.54, 1.807) is 36.4 Å². The molecule has 6 heteroatoms. The number of esters is 1. The van der Waals surface area contributed by atoms with Crippen molar-refractivity contribution in [2.75, 3.05) is 12.0 Å². The molecule has 2 aromatic carbocycles. The number of carbonyl (C=O) groups is 3. The summed E-state index contributed by atoms with van der Waals surface area (Å²) in [5.41, 5.74) is -0.163. The third-order valence-corrected chi connectivity index (χ3v) is 5.68.